The molecule has 0 unspecified atom stereocenters. The summed E-state index contributed by atoms with van der Waals surface area (Å²) in [5.41, 5.74) is 0.991. The Balaban J connectivity index is 1.56. The number of nitrogens with zero attached hydrogens (tertiary/aromatic N) is 2. The van der Waals surface area contributed by atoms with Crippen molar-refractivity contribution in [2.75, 3.05) is 19.6 Å². The first kappa shape index (κ1) is 18.0. The second-order valence-electron chi connectivity index (χ2n) is 8.15. The fraction of sp³-hybridized carbons (Fsp3) is 0.571. The molecule has 2 saturated heterocycles. The Labute approximate surface area is 159 Å². The SMILES string of the molecule is CC1CCN(C(=O)CN2C(=O)N[C@]3(CCCCc4ccccc43)C2=O)CC1. The quantitative estimate of drug-likeness (QED) is 0.814. The van der Waals surface area contributed by atoms with Gasteiger partial charge in [-0.1, -0.05) is 31.2 Å². The molecule has 1 atom stereocenters. The first-order chi connectivity index (χ1) is 13.0. The average molecular weight is 369 g/mol. The smallest absolute Gasteiger partial charge is 0.325 e. The number of hydrogen-bond donors (Lipinski definition) is 1. The van der Waals surface area contributed by atoms with Gasteiger partial charge in [0.2, 0.25) is 5.91 Å². The van der Waals surface area contributed by atoms with Crippen LogP contribution >= 0.6 is 0 Å². The van der Waals surface area contributed by atoms with E-state index in [1.54, 1.807) is 4.90 Å². The van der Waals surface area contributed by atoms with Crippen molar-refractivity contribution in [3.8, 4) is 0 Å². The van der Waals surface area contributed by atoms with Crippen molar-refractivity contribution >= 4 is 17.8 Å². The van der Waals surface area contributed by atoms with Crippen LogP contribution in [0.3, 0.4) is 0 Å². The number of hydrogen-bond acceptors (Lipinski definition) is 3. The lowest BCUT2D eigenvalue weighted by molar-refractivity contribution is -0.140. The summed E-state index contributed by atoms with van der Waals surface area (Å²) in [6.07, 6.45) is 5.30. The fourth-order valence-corrected chi connectivity index (χ4v) is 4.61. The molecule has 2 heterocycles. The van der Waals surface area contributed by atoms with Crippen LogP contribution in [0.1, 0.15) is 50.2 Å². The Morgan fingerprint density at radius 3 is 2.70 bits per heavy atom. The number of carbonyl (C=O) groups excluding carboxylic acids is 3. The van der Waals surface area contributed by atoms with Gasteiger partial charge in [0.25, 0.3) is 5.91 Å². The highest BCUT2D eigenvalue weighted by Crippen LogP contribution is 2.39. The lowest BCUT2D eigenvalue weighted by atomic mass is 9.84. The van der Waals surface area contributed by atoms with E-state index in [1.165, 1.54) is 0 Å². The molecule has 3 aliphatic rings. The molecule has 0 aromatic heterocycles. The zero-order valence-corrected chi connectivity index (χ0v) is 15.9. The van der Waals surface area contributed by atoms with Crippen molar-refractivity contribution < 1.29 is 14.4 Å². The van der Waals surface area contributed by atoms with E-state index in [9.17, 15) is 14.4 Å². The summed E-state index contributed by atoms with van der Waals surface area (Å²) in [4.78, 5) is 41.6. The zero-order valence-electron chi connectivity index (χ0n) is 15.9. The summed E-state index contributed by atoms with van der Waals surface area (Å²) in [6, 6.07) is 7.41. The van der Waals surface area contributed by atoms with E-state index in [2.05, 4.69) is 12.2 Å². The first-order valence-electron chi connectivity index (χ1n) is 10.0. The van der Waals surface area contributed by atoms with Crippen molar-refractivity contribution in [3.63, 3.8) is 0 Å². The van der Waals surface area contributed by atoms with Gasteiger partial charge in [0.15, 0.2) is 0 Å². The van der Waals surface area contributed by atoms with Gasteiger partial charge in [0.05, 0.1) is 0 Å². The molecule has 0 radical (unpaired) electrons. The van der Waals surface area contributed by atoms with Gasteiger partial charge in [0, 0.05) is 13.1 Å². The van der Waals surface area contributed by atoms with Gasteiger partial charge in [-0.3, -0.25) is 14.5 Å². The van der Waals surface area contributed by atoms with Crippen molar-refractivity contribution in [3.05, 3.63) is 35.4 Å². The predicted molar refractivity (Wildman–Crippen MR) is 101 cm³/mol. The minimum absolute atomic E-state index is 0.135. The molecule has 1 aliphatic carbocycles. The van der Waals surface area contributed by atoms with Crippen LogP contribution in [0.2, 0.25) is 0 Å². The summed E-state index contributed by atoms with van der Waals surface area (Å²) in [6.45, 7) is 3.44. The number of likely N-dealkylation sites (tertiary alicyclic amines) is 1. The number of nitrogens with one attached hydrogen (secondary N) is 1. The van der Waals surface area contributed by atoms with Crippen molar-refractivity contribution in [1.82, 2.24) is 15.1 Å². The highest BCUT2D eigenvalue weighted by Gasteiger charge is 2.53. The van der Waals surface area contributed by atoms with Gasteiger partial charge < -0.3 is 10.2 Å². The molecule has 4 amide bonds. The lowest BCUT2D eigenvalue weighted by Gasteiger charge is -2.31. The third-order valence-electron chi connectivity index (χ3n) is 6.33. The predicted octanol–water partition coefficient (Wildman–Crippen LogP) is 2.42. The van der Waals surface area contributed by atoms with E-state index in [0.717, 1.165) is 48.1 Å². The number of imide groups is 1. The number of carbonyl (C=O) groups is 3. The number of fused-ring (bicyclic) bond motifs is 2. The van der Waals surface area contributed by atoms with Crippen LogP contribution in [-0.4, -0.2) is 47.3 Å². The molecule has 1 aromatic rings. The van der Waals surface area contributed by atoms with Gasteiger partial charge in [-0.2, -0.15) is 0 Å². The molecule has 6 heteroatoms. The second-order valence-corrected chi connectivity index (χ2v) is 8.15. The molecule has 144 valence electrons. The number of piperidine rings is 1. The van der Waals surface area contributed by atoms with Gasteiger partial charge in [-0.05, 0) is 55.6 Å². The maximum Gasteiger partial charge on any atom is 0.325 e. The Bertz CT molecular complexity index is 770. The molecular weight excluding hydrogens is 342 g/mol. The molecule has 4 rings (SSSR count). The summed E-state index contributed by atoms with van der Waals surface area (Å²) < 4.78 is 0. The number of amides is 4. The maximum atomic E-state index is 13.4. The molecule has 1 N–H and O–H groups in total. The molecule has 1 spiro atoms. The maximum absolute atomic E-state index is 13.4. The summed E-state index contributed by atoms with van der Waals surface area (Å²) >= 11 is 0. The molecular formula is C21H27N3O3. The van der Waals surface area contributed by atoms with Crippen LogP contribution < -0.4 is 5.32 Å². The molecule has 1 aromatic carbocycles. The van der Waals surface area contributed by atoms with E-state index >= 15 is 0 Å². The normalized spacial score (nSPS) is 26.1. The van der Waals surface area contributed by atoms with Crippen molar-refractivity contribution in [2.24, 2.45) is 5.92 Å². The van der Waals surface area contributed by atoms with Gasteiger partial charge in [-0.15, -0.1) is 0 Å². The third kappa shape index (κ3) is 3.11. The molecule has 2 fully saturated rings. The lowest BCUT2D eigenvalue weighted by Crippen LogP contribution is -2.47. The Morgan fingerprint density at radius 1 is 1.19 bits per heavy atom. The van der Waals surface area contributed by atoms with Gasteiger partial charge in [0.1, 0.15) is 12.1 Å². The van der Waals surface area contributed by atoms with E-state index in [0.29, 0.717) is 25.4 Å². The van der Waals surface area contributed by atoms with Crippen LogP contribution in [0, 0.1) is 5.92 Å². The molecule has 6 nitrogen and oxygen atoms in total. The number of aryl methyl sites for hydroxylation is 1. The molecule has 2 aliphatic heterocycles. The van der Waals surface area contributed by atoms with Gasteiger partial charge >= 0.3 is 6.03 Å². The van der Waals surface area contributed by atoms with E-state index in [1.807, 2.05) is 24.3 Å². The Hall–Kier alpha value is -2.37. The molecule has 0 saturated carbocycles. The van der Waals surface area contributed by atoms with Crippen LogP contribution in [0.4, 0.5) is 4.79 Å². The van der Waals surface area contributed by atoms with E-state index in [-0.39, 0.29) is 18.4 Å². The Morgan fingerprint density at radius 2 is 1.93 bits per heavy atom. The zero-order chi connectivity index (χ0) is 19.0. The van der Waals surface area contributed by atoms with Crippen LogP contribution in [0.15, 0.2) is 24.3 Å². The number of benzene rings is 1. The number of urea groups is 1. The summed E-state index contributed by atoms with van der Waals surface area (Å²) in [5.74, 6) is 0.210. The largest absolute Gasteiger partial charge is 0.341 e. The monoisotopic (exact) mass is 369 g/mol. The highest BCUT2D eigenvalue weighted by molar-refractivity contribution is 6.09. The first-order valence-corrected chi connectivity index (χ1v) is 10.0. The fourth-order valence-electron chi connectivity index (χ4n) is 4.61. The van der Waals surface area contributed by atoms with Crippen LogP contribution in [-0.2, 0) is 21.5 Å². The average Bonchev–Trinajstić information content (AvgIpc) is 2.82. The topological polar surface area (TPSA) is 69.7 Å². The summed E-state index contributed by atoms with van der Waals surface area (Å²) in [7, 11) is 0. The van der Waals surface area contributed by atoms with Crippen LogP contribution in [0.25, 0.3) is 0 Å². The second kappa shape index (κ2) is 6.98. The highest BCUT2D eigenvalue weighted by atomic mass is 16.2. The van der Waals surface area contributed by atoms with E-state index in [4.69, 9.17) is 0 Å². The minimum Gasteiger partial charge on any atom is -0.341 e. The van der Waals surface area contributed by atoms with E-state index < -0.39 is 11.6 Å². The van der Waals surface area contributed by atoms with Crippen molar-refractivity contribution in [2.45, 2.75) is 51.0 Å². The minimum atomic E-state index is -1.01. The summed E-state index contributed by atoms with van der Waals surface area (Å²) in [5, 5.41) is 2.95. The third-order valence-corrected chi connectivity index (χ3v) is 6.33. The Kier molecular flexibility index (Phi) is 4.66. The van der Waals surface area contributed by atoms with Gasteiger partial charge in [-0.25, -0.2) is 4.79 Å². The van der Waals surface area contributed by atoms with Crippen LogP contribution in [0.5, 0.6) is 0 Å². The molecule has 27 heavy (non-hydrogen) atoms. The van der Waals surface area contributed by atoms with Crippen molar-refractivity contribution in [1.29, 1.82) is 0 Å². The number of rotatable bonds is 2. The standard InChI is InChI=1S/C21H27N3O3/c1-15-9-12-23(13-10-15)18(25)14-24-19(26)21(22-20(24)27)11-5-4-7-16-6-2-3-8-17(16)21/h2-3,6,8,15H,4-5,7,9-14H2,1H3,(H,22,27)/t21-/m0/s1. The molecule has 0 bridgehead atoms.